The van der Waals surface area contributed by atoms with Crippen LogP contribution in [0.2, 0.25) is 10.0 Å². The molecule has 0 radical (unpaired) electrons. The monoisotopic (exact) mass is 260 g/mol. The number of rotatable bonds is 5. The lowest BCUT2D eigenvalue weighted by atomic mass is 10.00. The lowest BCUT2D eigenvalue weighted by Gasteiger charge is -2.13. The van der Waals surface area contributed by atoms with E-state index in [9.17, 15) is 5.11 Å². The summed E-state index contributed by atoms with van der Waals surface area (Å²) in [6.45, 7) is 4.21. The molecule has 0 aliphatic heterocycles. The highest BCUT2D eigenvalue weighted by atomic mass is 35.5. The highest BCUT2D eigenvalue weighted by Crippen LogP contribution is 2.23. The minimum atomic E-state index is -0.255. The molecule has 3 heteroatoms. The summed E-state index contributed by atoms with van der Waals surface area (Å²) in [6, 6.07) is 5.44. The number of aryl methyl sites for hydroxylation is 1. The molecular weight excluding hydrogens is 243 g/mol. The third-order valence-electron chi connectivity index (χ3n) is 2.50. The molecule has 1 nitrogen and oxygen atoms in total. The van der Waals surface area contributed by atoms with Crippen LogP contribution < -0.4 is 0 Å². The molecule has 0 fully saturated rings. The molecule has 0 spiro atoms. The lowest BCUT2D eigenvalue weighted by molar-refractivity contribution is 0.140. The van der Waals surface area contributed by atoms with Crippen molar-refractivity contribution in [2.45, 2.75) is 39.2 Å². The van der Waals surface area contributed by atoms with Gasteiger partial charge in [0, 0.05) is 10.0 Å². The van der Waals surface area contributed by atoms with Gasteiger partial charge in [0.05, 0.1) is 6.10 Å². The van der Waals surface area contributed by atoms with Crippen molar-refractivity contribution in [3.05, 3.63) is 33.8 Å². The number of hydrogen-bond donors (Lipinski definition) is 1. The van der Waals surface area contributed by atoms with E-state index in [4.69, 9.17) is 23.2 Å². The fourth-order valence-corrected chi connectivity index (χ4v) is 2.13. The Kier molecular flexibility index (Phi) is 5.60. The quantitative estimate of drug-likeness (QED) is 0.836. The summed E-state index contributed by atoms with van der Waals surface area (Å²) >= 11 is 11.9. The number of halogens is 2. The van der Waals surface area contributed by atoms with Crippen molar-refractivity contribution in [1.82, 2.24) is 0 Å². The van der Waals surface area contributed by atoms with Crippen molar-refractivity contribution < 1.29 is 5.11 Å². The first-order valence-electron chi connectivity index (χ1n) is 5.61. The van der Waals surface area contributed by atoms with Crippen LogP contribution in [-0.4, -0.2) is 11.2 Å². The minimum absolute atomic E-state index is 0.255. The van der Waals surface area contributed by atoms with E-state index in [0.29, 0.717) is 10.9 Å². The largest absolute Gasteiger partial charge is 0.393 e. The minimum Gasteiger partial charge on any atom is -0.393 e. The average Bonchev–Trinajstić information content (AvgIpc) is 2.18. The summed E-state index contributed by atoms with van der Waals surface area (Å²) < 4.78 is 0. The maximum atomic E-state index is 9.77. The molecule has 0 heterocycles. The van der Waals surface area contributed by atoms with Crippen molar-refractivity contribution in [3.8, 4) is 0 Å². The molecular formula is C13H18Cl2O. The van der Waals surface area contributed by atoms with Gasteiger partial charge in [0.2, 0.25) is 0 Å². The van der Waals surface area contributed by atoms with Crippen molar-refractivity contribution in [1.29, 1.82) is 0 Å². The molecule has 0 aliphatic carbocycles. The van der Waals surface area contributed by atoms with E-state index in [2.05, 4.69) is 13.8 Å². The Morgan fingerprint density at radius 3 is 2.56 bits per heavy atom. The first kappa shape index (κ1) is 13.8. The predicted molar refractivity (Wildman–Crippen MR) is 70.2 cm³/mol. The maximum absolute atomic E-state index is 9.77. The fraction of sp³-hybridized carbons (Fsp3) is 0.538. The topological polar surface area (TPSA) is 20.2 Å². The van der Waals surface area contributed by atoms with Gasteiger partial charge in [-0.1, -0.05) is 37.0 Å². The number of aliphatic hydroxyl groups excluding tert-OH is 1. The smallest absolute Gasteiger partial charge is 0.0545 e. The van der Waals surface area contributed by atoms with Crippen molar-refractivity contribution in [3.63, 3.8) is 0 Å². The van der Waals surface area contributed by atoms with Crippen LogP contribution in [0, 0.1) is 5.92 Å². The van der Waals surface area contributed by atoms with Crippen LogP contribution in [0.1, 0.15) is 32.3 Å². The molecule has 0 amide bonds. The van der Waals surface area contributed by atoms with Gasteiger partial charge in [-0.3, -0.25) is 0 Å². The Labute approximate surface area is 107 Å². The van der Waals surface area contributed by atoms with E-state index >= 15 is 0 Å². The van der Waals surface area contributed by atoms with E-state index in [-0.39, 0.29) is 6.10 Å². The van der Waals surface area contributed by atoms with E-state index in [1.54, 1.807) is 12.1 Å². The Bertz CT molecular complexity index is 337. The Morgan fingerprint density at radius 1 is 1.25 bits per heavy atom. The van der Waals surface area contributed by atoms with Gasteiger partial charge in [-0.25, -0.2) is 0 Å². The van der Waals surface area contributed by atoms with Crippen LogP contribution in [0.4, 0.5) is 0 Å². The number of benzene rings is 1. The van der Waals surface area contributed by atoms with Crippen LogP contribution in [0.3, 0.4) is 0 Å². The SMILES string of the molecule is CC(C)CC(O)CCc1cc(Cl)ccc1Cl. The predicted octanol–water partition coefficient (Wildman–Crippen LogP) is 4.33. The van der Waals surface area contributed by atoms with Crippen LogP contribution in [0.5, 0.6) is 0 Å². The second-order valence-electron chi connectivity index (χ2n) is 4.56. The van der Waals surface area contributed by atoms with Crippen LogP contribution in [-0.2, 0) is 6.42 Å². The molecule has 1 aromatic rings. The molecule has 1 rings (SSSR count). The summed E-state index contributed by atoms with van der Waals surface area (Å²) in [7, 11) is 0. The van der Waals surface area contributed by atoms with E-state index in [0.717, 1.165) is 29.8 Å². The second kappa shape index (κ2) is 6.48. The van der Waals surface area contributed by atoms with Crippen LogP contribution in [0.15, 0.2) is 18.2 Å². The van der Waals surface area contributed by atoms with Crippen molar-refractivity contribution in [2.24, 2.45) is 5.92 Å². The van der Waals surface area contributed by atoms with E-state index < -0.39 is 0 Å². The summed E-state index contributed by atoms with van der Waals surface area (Å²) in [5, 5.41) is 11.2. The Balaban J connectivity index is 2.51. The third-order valence-corrected chi connectivity index (χ3v) is 3.10. The van der Waals surface area contributed by atoms with Gasteiger partial charge in [0.25, 0.3) is 0 Å². The summed E-state index contributed by atoms with van der Waals surface area (Å²) in [6.07, 6.45) is 2.08. The summed E-state index contributed by atoms with van der Waals surface area (Å²) in [5.74, 6) is 0.518. The fourth-order valence-electron chi connectivity index (χ4n) is 1.72. The molecule has 0 saturated carbocycles. The highest BCUT2D eigenvalue weighted by Gasteiger charge is 2.09. The molecule has 0 aliphatic rings. The van der Waals surface area contributed by atoms with Gasteiger partial charge < -0.3 is 5.11 Å². The molecule has 1 unspecified atom stereocenters. The van der Waals surface area contributed by atoms with Gasteiger partial charge in [0.15, 0.2) is 0 Å². The van der Waals surface area contributed by atoms with Crippen molar-refractivity contribution >= 4 is 23.2 Å². The zero-order valence-corrected chi connectivity index (χ0v) is 11.2. The molecule has 0 aromatic heterocycles. The summed E-state index contributed by atoms with van der Waals surface area (Å²) in [4.78, 5) is 0. The molecule has 1 aromatic carbocycles. The van der Waals surface area contributed by atoms with Gasteiger partial charge in [-0.2, -0.15) is 0 Å². The lowest BCUT2D eigenvalue weighted by Crippen LogP contribution is -2.11. The zero-order chi connectivity index (χ0) is 12.1. The first-order valence-corrected chi connectivity index (χ1v) is 6.36. The van der Waals surface area contributed by atoms with E-state index in [1.165, 1.54) is 0 Å². The van der Waals surface area contributed by atoms with Crippen LogP contribution >= 0.6 is 23.2 Å². The standard InChI is InChI=1S/C13H18Cl2O/c1-9(2)7-12(16)5-3-10-8-11(14)4-6-13(10)15/h4,6,8-9,12,16H,3,5,7H2,1-2H3. The molecule has 0 saturated heterocycles. The number of hydrogen-bond acceptors (Lipinski definition) is 1. The average molecular weight is 261 g/mol. The van der Waals surface area contributed by atoms with E-state index in [1.807, 2.05) is 6.07 Å². The molecule has 0 bridgehead atoms. The molecule has 90 valence electrons. The van der Waals surface area contributed by atoms with Gasteiger partial charge >= 0.3 is 0 Å². The second-order valence-corrected chi connectivity index (χ2v) is 5.40. The normalized spacial score (nSPS) is 13.1. The molecule has 16 heavy (non-hydrogen) atoms. The van der Waals surface area contributed by atoms with Crippen LogP contribution in [0.25, 0.3) is 0 Å². The van der Waals surface area contributed by atoms with Crippen molar-refractivity contribution in [2.75, 3.05) is 0 Å². The first-order chi connectivity index (χ1) is 7.49. The maximum Gasteiger partial charge on any atom is 0.0545 e. The highest BCUT2D eigenvalue weighted by molar-refractivity contribution is 6.33. The van der Waals surface area contributed by atoms with Gasteiger partial charge in [0.1, 0.15) is 0 Å². The van der Waals surface area contributed by atoms with Gasteiger partial charge in [-0.15, -0.1) is 0 Å². The molecule has 1 atom stereocenters. The zero-order valence-electron chi connectivity index (χ0n) is 9.71. The Morgan fingerprint density at radius 2 is 1.94 bits per heavy atom. The third kappa shape index (κ3) is 4.73. The summed E-state index contributed by atoms with van der Waals surface area (Å²) in [5.41, 5.74) is 1.01. The Hall–Kier alpha value is -0.240. The number of aliphatic hydroxyl groups is 1. The van der Waals surface area contributed by atoms with Gasteiger partial charge in [-0.05, 0) is 48.9 Å². The molecule has 1 N–H and O–H groups in total.